The van der Waals surface area contributed by atoms with Crippen molar-refractivity contribution < 1.29 is 23.5 Å². The van der Waals surface area contributed by atoms with Crippen LogP contribution in [0, 0.1) is 17.1 Å². The van der Waals surface area contributed by atoms with Crippen LogP contribution in [0.25, 0.3) is 6.08 Å². The van der Waals surface area contributed by atoms with Gasteiger partial charge in [0, 0.05) is 12.2 Å². The number of nitriles is 1. The molecule has 0 spiro atoms. The van der Waals surface area contributed by atoms with Gasteiger partial charge in [-0.1, -0.05) is 30.3 Å². The predicted octanol–water partition coefficient (Wildman–Crippen LogP) is 5.27. The first kappa shape index (κ1) is 27.4. The third-order valence-electron chi connectivity index (χ3n) is 5.17. The summed E-state index contributed by atoms with van der Waals surface area (Å²) >= 11 is 3.39. The number of ether oxygens (including phenoxy) is 2. The Balaban J connectivity index is 1.61. The van der Waals surface area contributed by atoms with E-state index < -0.39 is 17.6 Å². The van der Waals surface area contributed by atoms with E-state index in [0.717, 1.165) is 12.8 Å². The van der Waals surface area contributed by atoms with Crippen molar-refractivity contribution in [1.82, 2.24) is 5.32 Å². The van der Waals surface area contributed by atoms with Gasteiger partial charge in [-0.2, -0.15) is 5.26 Å². The molecular formula is C28H25BrFN3O4. The molecule has 7 nitrogen and oxygen atoms in total. The first-order valence-electron chi connectivity index (χ1n) is 11.4. The Morgan fingerprint density at radius 3 is 2.51 bits per heavy atom. The van der Waals surface area contributed by atoms with Crippen LogP contribution in [-0.4, -0.2) is 32.1 Å². The minimum Gasteiger partial charge on any atom is -0.493 e. The molecule has 0 fully saturated rings. The Hall–Kier alpha value is -4.16. The SMILES string of the molecule is COc1cc(/C=C(/C#N)C(=O)NCCCc2ccccc2)cc(Br)c1OCC(=O)Nc1ccc(F)cc1. The van der Waals surface area contributed by atoms with Gasteiger partial charge in [0.25, 0.3) is 11.8 Å². The average Bonchev–Trinajstić information content (AvgIpc) is 2.90. The van der Waals surface area contributed by atoms with Gasteiger partial charge in [0.1, 0.15) is 17.5 Å². The summed E-state index contributed by atoms with van der Waals surface area (Å²) in [5.41, 5.74) is 2.09. The van der Waals surface area contributed by atoms with Crippen molar-refractivity contribution in [2.24, 2.45) is 0 Å². The van der Waals surface area contributed by atoms with Crippen molar-refractivity contribution in [3.63, 3.8) is 0 Å². The molecular weight excluding hydrogens is 541 g/mol. The number of hydrogen-bond donors (Lipinski definition) is 2. The van der Waals surface area contributed by atoms with Crippen LogP contribution in [0.2, 0.25) is 0 Å². The van der Waals surface area contributed by atoms with E-state index in [1.807, 2.05) is 36.4 Å². The van der Waals surface area contributed by atoms with E-state index in [4.69, 9.17) is 9.47 Å². The molecule has 190 valence electrons. The highest BCUT2D eigenvalue weighted by Gasteiger charge is 2.15. The molecule has 3 aromatic carbocycles. The highest BCUT2D eigenvalue weighted by molar-refractivity contribution is 9.10. The molecule has 0 heterocycles. The van der Waals surface area contributed by atoms with E-state index >= 15 is 0 Å². The van der Waals surface area contributed by atoms with Crippen molar-refractivity contribution in [2.45, 2.75) is 12.8 Å². The third-order valence-corrected chi connectivity index (χ3v) is 5.76. The van der Waals surface area contributed by atoms with Gasteiger partial charge >= 0.3 is 0 Å². The number of anilines is 1. The van der Waals surface area contributed by atoms with E-state index in [1.165, 1.54) is 43.0 Å². The van der Waals surface area contributed by atoms with Crippen LogP contribution in [0.15, 0.2) is 76.8 Å². The normalized spacial score (nSPS) is 10.8. The molecule has 37 heavy (non-hydrogen) atoms. The highest BCUT2D eigenvalue weighted by Crippen LogP contribution is 2.37. The first-order chi connectivity index (χ1) is 17.9. The van der Waals surface area contributed by atoms with Crippen LogP contribution in [0.5, 0.6) is 11.5 Å². The maximum atomic E-state index is 13.0. The van der Waals surface area contributed by atoms with E-state index in [-0.39, 0.29) is 17.9 Å². The molecule has 0 radical (unpaired) electrons. The summed E-state index contributed by atoms with van der Waals surface area (Å²) in [6.07, 6.45) is 3.01. The van der Waals surface area contributed by atoms with Crippen molar-refractivity contribution in [3.05, 3.63) is 93.7 Å². The summed E-state index contributed by atoms with van der Waals surface area (Å²) in [6, 6.07) is 20.5. The van der Waals surface area contributed by atoms with Gasteiger partial charge in [-0.05, 0) is 82.4 Å². The molecule has 0 aliphatic heterocycles. The molecule has 0 unspecified atom stereocenters. The molecule has 2 amide bonds. The number of nitrogens with one attached hydrogen (secondary N) is 2. The number of amides is 2. The molecule has 3 rings (SSSR count). The second-order valence-electron chi connectivity index (χ2n) is 7.89. The number of rotatable bonds is 11. The quantitative estimate of drug-likeness (QED) is 0.187. The molecule has 0 aliphatic carbocycles. The molecule has 3 aromatic rings. The lowest BCUT2D eigenvalue weighted by molar-refractivity contribution is -0.118. The predicted molar refractivity (Wildman–Crippen MR) is 143 cm³/mol. The zero-order valence-corrected chi connectivity index (χ0v) is 21.7. The number of halogens is 2. The monoisotopic (exact) mass is 565 g/mol. The molecule has 2 N–H and O–H groups in total. The molecule has 0 saturated carbocycles. The number of hydrogen-bond acceptors (Lipinski definition) is 5. The van der Waals surface area contributed by atoms with Crippen molar-refractivity contribution in [3.8, 4) is 17.6 Å². The fourth-order valence-corrected chi connectivity index (χ4v) is 3.95. The number of benzene rings is 3. The lowest BCUT2D eigenvalue weighted by Gasteiger charge is -2.14. The van der Waals surface area contributed by atoms with Crippen molar-refractivity contribution >= 4 is 39.5 Å². The Bertz CT molecular complexity index is 1310. The van der Waals surface area contributed by atoms with Crippen LogP contribution in [0.4, 0.5) is 10.1 Å². The van der Waals surface area contributed by atoms with Crippen LogP contribution in [0.1, 0.15) is 17.5 Å². The van der Waals surface area contributed by atoms with Gasteiger partial charge in [0.15, 0.2) is 18.1 Å². The summed E-state index contributed by atoms with van der Waals surface area (Å²) in [5, 5.41) is 14.9. The maximum Gasteiger partial charge on any atom is 0.262 e. The number of aryl methyl sites for hydroxylation is 1. The standard InChI is InChI=1S/C28H25BrFN3O4/c1-36-25-16-20(14-21(17-31)28(35)32-13-5-8-19-6-3-2-4-7-19)15-24(29)27(25)37-18-26(34)33-23-11-9-22(30)10-12-23/h2-4,6-7,9-12,14-16H,5,8,13,18H2,1H3,(H,32,35)(H,33,34)/b21-14-. The first-order valence-corrected chi connectivity index (χ1v) is 12.2. The Kier molecular flexibility index (Phi) is 10.2. The van der Waals surface area contributed by atoms with E-state index in [2.05, 4.69) is 26.6 Å². The van der Waals surface area contributed by atoms with Gasteiger partial charge < -0.3 is 20.1 Å². The zero-order chi connectivity index (χ0) is 26.6. The van der Waals surface area contributed by atoms with Gasteiger partial charge in [-0.15, -0.1) is 0 Å². The third kappa shape index (κ3) is 8.47. The summed E-state index contributed by atoms with van der Waals surface area (Å²) in [7, 11) is 1.44. The molecule has 9 heteroatoms. The van der Waals surface area contributed by atoms with Crippen LogP contribution >= 0.6 is 15.9 Å². The highest BCUT2D eigenvalue weighted by atomic mass is 79.9. The largest absolute Gasteiger partial charge is 0.493 e. The lowest BCUT2D eigenvalue weighted by atomic mass is 10.1. The second kappa shape index (κ2) is 13.8. The number of carbonyl (C=O) groups excluding carboxylic acids is 2. The lowest BCUT2D eigenvalue weighted by Crippen LogP contribution is -2.25. The topological polar surface area (TPSA) is 100 Å². The van der Waals surface area contributed by atoms with Crippen LogP contribution in [-0.2, 0) is 16.0 Å². The Morgan fingerprint density at radius 2 is 1.84 bits per heavy atom. The minimum atomic E-state index is -0.469. The van der Waals surface area contributed by atoms with Crippen LogP contribution in [0.3, 0.4) is 0 Å². The fourth-order valence-electron chi connectivity index (χ4n) is 3.38. The summed E-state index contributed by atoms with van der Waals surface area (Å²) in [6.45, 7) is 0.114. The van der Waals surface area contributed by atoms with Gasteiger partial charge in [0.2, 0.25) is 0 Å². The van der Waals surface area contributed by atoms with Gasteiger partial charge in [-0.3, -0.25) is 9.59 Å². The Labute approximate surface area is 223 Å². The molecule has 0 bridgehead atoms. The van der Waals surface area contributed by atoms with Crippen molar-refractivity contribution in [1.29, 1.82) is 5.26 Å². The summed E-state index contributed by atoms with van der Waals surface area (Å²) in [4.78, 5) is 24.7. The number of methoxy groups -OCH3 is 1. The Morgan fingerprint density at radius 1 is 1.11 bits per heavy atom. The summed E-state index contributed by atoms with van der Waals surface area (Å²) < 4.78 is 24.5. The average molecular weight is 566 g/mol. The molecule has 0 saturated heterocycles. The summed E-state index contributed by atoms with van der Waals surface area (Å²) in [5.74, 6) is -0.741. The smallest absolute Gasteiger partial charge is 0.262 e. The fraction of sp³-hybridized carbons (Fsp3) is 0.179. The molecule has 0 atom stereocenters. The minimum absolute atomic E-state index is 0.0546. The number of carbonyl (C=O) groups is 2. The van der Waals surface area contributed by atoms with E-state index in [1.54, 1.807) is 12.1 Å². The second-order valence-corrected chi connectivity index (χ2v) is 8.75. The van der Waals surface area contributed by atoms with Gasteiger partial charge in [-0.25, -0.2) is 4.39 Å². The van der Waals surface area contributed by atoms with Crippen molar-refractivity contribution in [2.75, 3.05) is 25.6 Å². The van der Waals surface area contributed by atoms with E-state index in [9.17, 15) is 19.2 Å². The maximum absolute atomic E-state index is 13.0. The van der Waals surface area contributed by atoms with E-state index in [0.29, 0.717) is 28.0 Å². The molecule has 0 aromatic heterocycles. The number of nitrogens with zero attached hydrogens (tertiary/aromatic N) is 1. The van der Waals surface area contributed by atoms with Gasteiger partial charge in [0.05, 0.1) is 11.6 Å². The van der Waals surface area contributed by atoms with Crippen LogP contribution < -0.4 is 20.1 Å². The molecule has 0 aliphatic rings. The zero-order valence-electron chi connectivity index (χ0n) is 20.1.